The van der Waals surface area contributed by atoms with Crippen molar-refractivity contribution in [1.82, 2.24) is 9.03 Å². The predicted octanol–water partition coefficient (Wildman–Crippen LogP) is 2.38. The highest BCUT2D eigenvalue weighted by atomic mass is 32.2. The van der Waals surface area contributed by atoms with Crippen LogP contribution in [0.1, 0.15) is 51.4 Å². The molecule has 0 bridgehead atoms. The average molecular weight is 456 g/mol. The van der Waals surface area contributed by atoms with Gasteiger partial charge in [-0.25, -0.2) is 21.6 Å². The van der Waals surface area contributed by atoms with Gasteiger partial charge in [-0.05, 0) is 49.9 Å². The van der Waals surface area contributed by atoms with Gasteiger partial charge in [-0.2, -0.15) is 9.57 Å². The van der Waals surface area contributed by atoms with Gasteiger partial charge in [-0.15, -0.1) is 0 Å². The predicted molar refractivity (Wildman–Crippen MR) is 112 cm³/mol. The summed E-state index contributed by atoms with van der Waals surface area (Å²) in [5.74, 6) is 0. The van der Waals surface area contributed by atoms with Gasteiger partial charge >= 0.3 is 0 Å². The average Bonchev–Trinajstić information content (AvgIpc) is 3.25. The minimum absolute atomic E-state index is 0.00931. The molecule has 0 radical (unpaired) electrons. The van der Waals surface area contributed by atoms with Crippen LogP contribution in [0.4, 0.5) is 0 Å². The molecule has 30 heavy (non-hydrogen) atoms. The molecule has 1 aromatic carbocycles. The zero-order valence-electron chi connectivity index (χ0n) is 17.0. The van der Waals surface area contributed by atoms with Gasteiger partial charge < -0.3 is 4.74 Å². The molecule has 1 aliphatic carbocycles. The SMILES string of the molecule is N#CCCN(CC1CCCO1)S(=O)(=O)c1ccc(S(=O)(=O)NC2CCCCC2)cc1. The third kappa shape index (κ3) is 5.80. The minimum Gasteiger partial charge on any atom is -0.377 e. The minimum atomic E-state index is -3.86. The van der Waals surface area contributed by atoms with E-state index in [1.807, 2.05) is 6.07 Å². The topological polar surface area (TPSA) is 117 Å². The smallest absolute Gasteiger partial charge is 0.243 e. The Morgan fingerprint density at radius 3 is 2.27 bits per heavy atom. The van der Waals surface area contributed by atoms with E-state index in [9.17, 15) is 16.8 Å². The van der Waals surface area contributed by atoms with Crippen LogP contribution in [0.15, 0.2) is 34.1 Å². The monoisotopic (exact) mass is 455 g/mol. The maximum atomic E-state index is 13.1. The van der Waals surface area contributed by atoms with Gasteiger partial charge in [-0.3, -0.25) is 0 Å². The Bertz CT molecular complexity index is 943. The second-order valence-corrected chi connectivity index (χ2v) is 11.5. The first kappa shape index (κ1) is 23.2. The number of rotatable bonds is 9. The summed E-state index contributed by atoms with van der Waals surface area (Å²) in [5, 5.41) is 8.90. The largest absolute Gasteiger partial charge is 0.377 e. The Morgan fingerprint density at radius 1 is 1.00 bits per heavy atom. The van der Waals surface area contributed by atoms with Crippen molar-refractivity contribution in [3.63, 3.8) is 0 Å². The summed E-state index contributed by atoms with van der Waals surface area (Å²) < 4.78 is 61.0. The van der Waals surface area contributed by atoms with E-state index in [1.54, 1.807) is 0 Å². The molecule has 1 saturated carbocycles. The molecule has 2 aliphatic rings. The van der Waals surface area contributed by atoms with Crippen LogP contribution in [-0.2, 0) is 24.8 Å². The van der Waals surface area contributed by atoms with E-state index in [1.165, 1.54) is 28.6 Å². The molecule has 0 spiro atoms. The van der Waals surface area contributed by atoms with E-state index in [0.29, 0.717) is 6.61 Å². The van der Waals surface area contributed by atoms with Gasteiger partial charge in [0.1, 0.15) is 0 Å². The van der Waals surface area contributed by atoms with E-state index in [4.69, 9.17) is 10.00 Å². The summed E-state index contributed by atoms with van der Waals surface area (Å²) in [6, 6.07) is 7.20. The number of nitriles is 1. The fourth-order valence-electron chi connectivity index (χ4n) is 3.95. The Balaban J connectivity index is 1.75. The van der Waals surface area contributed by atoms with Crippen molar-refractivity contribution in [3.05, 3.63) is 24.3 Å². The number of nitrogens with one attached hydrogen (secondary N) is 1. The van der Waals surface area contributed by atoms with Gasteiger partial charge in [0.25, 0.3) is 0 Å². The van der Waals surface area contributed by atoms with E-state index in [0.717, 1.165) is 44.9 Å². The molecule has 1 N–H and O–H groups in total. The Morgan fingerprint density at radius 2 is 1.67 bits per heavy atom. The van der Waals surface area contributed by atoms with Crippen LogP contribution in [-0.4, -0.2) is 53.0 Å². The molecule has 3 rings (SSSR count). The van der Waals surface area contributed by atoms with Crippen molar-refractivity contribution >= 4 is 20.0 Å². The van der Waals surface area contributed by atoms with Crippen molar-refractivity contribution < 1.29 is 21.6 Å². The lowest BCUT2D eigenvalue weighted by Gasteiger charge is -2.24. The number of sulfonamides is 2. The fourth-order valence-corrected chi connectivity index (χ4v) is 6.72. The summed E-state index contributed by atoms with van der Waals surface area (Å²) in [6.45, 7) is 0.868. The highest BCUT2D eigenvalue weighted by molar-refractivity contribution is 7.89. The van der Waals surface area contributed by atoms with Crippen LogP contribution < -0.4 is 4.72 Å². The third-order valence-electron chi connectivity index (χ3n) is 5.60. The summed E-state index contributed by atoms with van der Waals surface area (Å²) in [6.07, 6.45) is 6.34. The molecule has 10 heteroatoms. The molecule has 1 heterocycles. The van der Waals surface area contributed by atoms with Crippen molar-refractivity contribution in [1.29, 1.82) is 5.26 Å². The number of hydrogen-bond acceptors (Lipinski definition) is 6. The molecule has 2 fully saturated rings. The first-order chi connectivity index (χ1) is 14.3. The molecule has 166 valence electrons. The van der Waals surface area contributed by atoms with Crippen LogP contribution in [0.2, 0.25) is 0 Å². The molecule has 1 unspecified atom stereocenters. The van der Waals surface area contributed by atoms with E-state index in [-0.39, 0.29) is 41.4 Å². The number of benzene rings is 1. The highest BCUT2D eigenvalue weighted by Crippen LogP contribution is 2.23. The van der Waals surface area contributed by atoms with Gasteiger partial charge in [0, 0.05) is 32.2 Å². The van der Waals surface area contributed by atoms with Gasteiger partial charge in [0.05, 0.1) is 22.0 Å². The summed E-state index contributed by atoms with van der Waals surface area (Å²) in [7, 11) is -7.56. The molecule has 0 aromatic heterocycles. The van der Waals surface area contributed by atoms with Crippen LogP contribution in [0.3, 0.4) is 0 Å². The van der Waals surface area contributed by atoms with E-state index in [2.05, 4.69) is 4.72 Å². The first-order valence-corrected chi connectivity index (χ1v) is 13.4. The van der Waals surface area contributed by atoms with Crippen LogP contribution in [0, 0.1) is 11.3 Å². The molecule has 8 nitrogen and oxygen atoms in total. The van der Waals surface area contributed by atoms with Crippen molar-refractivity contribution in [2.24, 2.45) is 0 Å². The first-order valence-electron chi connectivity index (χ1n) is 10.4. The molecule has 1 aromatic rings. The van der Waals surface area contributed by atoms with E-state index >= 15 is 0 Å². The molecule has 0 amide bonds. The maximum absolute atomic E-state index is 13.1. The second kappa shape index (κ2) is 10.2. The lowest BCUT2D eigenvalue weighted by atomic mass is 9.96. The normalized spacial score (nSPS) is 21.0. The molecule has 1 atom stereocenters. The Kier molecular flexibility index (Phi) is 7.87. The highest BCUT2D eigenvalue weighted by Gasteiger charge is 2.29. The van der Waals surface area contributed by atoms with Crippen LogP contribution >= 0.6 is 0 Å². The molecular weight excluding hydrogens is 426 g/mol. The third-order valence-corrected chi connectivity index (χ3v) is 9.02. The van der Waals surface area contributed by atoms with Crippen molar-refractivity contribution in [2.45, 2.75) is 73.3 Å². The quantitative estimate of drug-likeness (QED) is 0.611. The van der Waals surface area contributed by atoms with Crippen molar-refractivity contribution in [3.8, 4) is 6.07 Å². The standard InChI is InChI=1S/C20H29N3O5S2/c21-13-5-14-23(16-18-8-4-15-28-18)30(26,27)20-11-9-19(10-12-20)29(24,25)22-17-6-2-1-3-7-17/h9-12,17-18,22H,1-8,14-16H2. The number of nitrogens with zero attached hydrogens (tertiary/aromatic N) is 2. The zero-order chi connectivity index (χ0) is 21.6. The van der Waals surface area contributed by atoms with E-state index < -0.39 is 20.0 Å². The maximum Gasteiger partial charge on any atom is 0.243 e. The van der Waals surface area contributed by atoms with Crippen molar-refractivity contribution in [2.75, 3.05) is 19.7 Å². The molecular formula is C20H29N3O5S2. The van der Waals surface area contributed by atoms with Crippen LogP contribution in [0.5, 0.6) is 0 Å². The summed E-state index contributed by atoms with van der Waals surface area (Å²) >= 11 is 0. The number of ether oxygens (including phenoxy) is 1. The summed E-state index contributed by atoms with van der Waals surface area (Å²) in [5.41, 5.74) is 0. The molecule has 1 saturated heterocycles. The zero-order valence-corrected chi connectivity index (χ0v) is 18.6. The lowest BCUT2D eigenvalue weighted by Crippen LogP contribution is -2.38. The van der Waals surface area contributed by atoms with Gasteiger partial charge in [-0.1, -0.05) is 19.3 Å². The lowest BCUT2D eigenvalue weighted by molar-refractivity contribution is 0.0941. The summed E-state index contributed by atoms with van der Waals surface area (Å²) in [4.78, 5) is 0.0600. The second-order valence-electron chi connectivity index (χ2n) is 7.83. The Labute approximate surface area is 179 Å². The van der Waals surface area contributed by atoms with Gasteiger partial charge in [0.15, 0.2) is 0 Å². The van der Waals surface area contributed by atoms with Crippen LogP contribution in [0.25, 0.3) is 0 Å². The molecule has 1 aliphatic heterocycles. The Hall–Kier alpha value is -1.51. The van der Waals surface area contributed by atoms with Gasteiger partial charge in [0.2, 0.25) is 20.0 Å². The number of hydrogen-bond donors (Lipinski definition) is 1. The fraction of sp³-hybridized carbons (Fsp3) is 0.650.